The fourth-order valence-electron chi connectivity index (χ4n) is 3.15. The van der Waals surface area contributed by atoms with E-state index in [0.29, 0.717) is 22.4 Å². The first-order valence-corrected chi connectivity index (χ1v) is 8.72. The molecule has 0 atom stereocenters. The van der Waals surface area contributed by atoms with Crippen LogP contribution < -0.4 is 5.32 Å². The van der Waals surface area contributed by atoms with Crippen molar-refractivity contribution in [3.8, 4) is 0 Å². The Morgan fingerprint density at radius 2 is 1.22 bits per heavy atom. The number of anilines is 1. The molecule has 0 saturated carbocycles. The van der Waals surface area contributed by atoms with Crippen LogP contribution in [-0.4, -0.2) is 11.7 Å². The summed E-state index contributed by atoms with van der Waals surface area (Å²) >= 11 is 0. The van der Waals surface area contributed by atoms with Gasteiger partial charge in [0.1, 0.15) is 0 Å². The molecule has 0 bridgehead atoms. The zero-order chi connectivity index (χ0) is 18.6. The van der Waals surface area contributed by atoms with Crippen molar-refractivity contribution in [3.63, 3.8) is 0 Å². The van der Waals surface area contributed by atoms with Gasteiger partial charge in [-0.1, -0.05) is 78.9 Å². The van der Waals surface area contributed by atoms with Crippen LogP contribution in [0.3, 0.4) is 0 Å². The summed E-state index contributed by atoms with van der Waals surface area (Å²) in [6.07, 6.45) is 0. The summed E-state index contributed by atoms with van der Waals surface area (Å²) in [6, 6.07) is 29.5. The van der Waals surface area contributed by atoms with Crippen LogP contribution in [0.1, 0.15) is 26.3 Å². The number of benzene rings is 4. The van der Waals surface area contributed by atoms with Gasteiger partial charge in [0.05, 0.1) is 5.69 Å². The topological polar surface area (TPSA) is 46.2 Å². The molecule has 3 heteroatoms. The second-order valence-corrected chi connectivity index (χ2v) is 6.22. The Hall–Kier alpha value is -3.72. The molecule has 27 heavy (non-hydrogen) atoms. The zero-order valence-electron chi connectivity index (χ0n) is 14.6. The maximum atomic E-state index is 12.9. The first-order valence-electron chi connectivity index (χ1n) is 8.72. The number of nitrogens with one attached hydrogen (secondary N) is 1. The highest BCUT2D eigenvalue weighted by Gasteiger charge is 2.16. The molecule has 0 fully saturated rings. The van der Waals surface area contributed by atoms with E-state index in [9.17, 15) is 9.59 Å². The first kappa shape index (κ1) is 16.7. The lowest BCUT2D eigenvalue weighted by Gasteiger charge is -2.12. The number of ketones is 1. The number of amides is 1. The van der Waals surface area contributed by atoms with Gasteiger partial charge in [-0.25, -0.2) is 0 Å². The molecular weight excluding hydrogens is 334 g/mol. The number of rotatable bonds is 4. The van der Waals surface area contributed by atoms with E-state index >= 15 is 0 Å². The molecule has 4 rings (SSSR count). The van der Waals surface area contributed by atoms with Gasteiger partial charge in [0.2, 0.25) is 0 Å². The monoisotopic (exact) mass is 351 g/mol. The minimum atomic E-state index is -0.236. The number of carbonyl (C=O) groups excluding carboxylic acids is 2. The van der Waals surface area contributed by atoms with Gasteiger partial charge in [-0.3, -0.25) is 9.59 Å². The van der Waals surface area contributed by atoms with E-state index in [1.54, 1.807) is 42.5 Å². The largest absolute Gasteiger partial charge is 0.321 e. The fraction of sp³-hybridized carbons (Fsp3) is 0. The zero-order valence-corrected chi connectivity index (χ0v) is 14.6. The third kappa shape index (κ3) is 3.35. The molecule has 4 aromatic rings. The minimum Gasteiger partial charge on any atom is -0.321 e. The molecule has 0 saturated heterocycles. The van der Waals surface area contributed by atoms with E-state index in [4.69, 9.17) is 0 Å². The molecule has 0 aromatic heterocycles. The number of hydrogen-bond acceptors (Lipinski definition) is 2. The molecule has 0 heterocycles. The van der Waals surface area contributed by atoms with Gasteiger partial charge >= 0.3 is 0 Å². The molecule has 0 aliphatic carbocycles. The average molecular weight is 351 g/mol. The van der Waals surface area contributed by atoms with Crippen molar-refractivity contribution in [2.75, 3.05) is 5.32 Å². The summed E-state index contributed by atoms with van der Waals surface area (Å²) in [5.74, 6) is -0.357. The van der Waals surface area contributed by atoms with Crippen LogP contribution in [0.2, 0.25) is 0 Å². The number of para-hydroxylation sites is 1. The predicted molar refractivity (Wildman–Crippen MR) is 108 cm³/mol. The van der Waals surface area contributed by atoms with Crippen LogP contribution in [0.25, 0.3) is 10.8 Å². The van der Waals surface area contributed by atoms with Gasteiger partial charge < -0.3 is 5.32 Å². The Morgan fingerprint density at radius 3 is 2.07 bits per heavy atom. The average Bonchev–Trinajstić information content (AvgIpc) is 2.74. The highest BCUT2D eigenvalue weighted by Crippen LogP contribution is 2.23. The van der Waals surface area contributed by atoms with Crippen molar-refractivity contribution >= 4 is 28.2 Å². The van der Waals surface area contributed by atoms with Gasteiger partial charge in [0.15, 0.2) is 5.78 Å². The maximum absolute atomic E-state index is 12.9. The van der Waals surface area contributed by atoms with Crippen LogP contribution >= 0.6 is 0 Å². The molecule has 0 radical (unpaired) electrons. The van der Waals surface area contributed by atoms with Gasteiger partial charge in [0, 0.05) is 16.7 Å². The summed E-state index contributed by atoms with van der Waals surface area (Å²) < 4.78 is 0. The van der Waals surface area contributed by atoms with E-state index in [0.717, 1.165) is 10.8 Å². The van der Waals surface area contributed by atoms with Gasteiger partial charge in [-0.2, -0.15) is 0 Å². The second kappa shape index (κ2) is 7.26. The highest BCUT2D eigenvalue weighted by molar-refractivity contribution is 6.17. The predicted octanol–water partition coefficient (Wildman–Crippen LogP) is 5.32. The van der Waals surface area contributed by atoms with E-state index in [2.05, 4.69) is 5.32 Å². The lowest BCUT2D eigenvalue weighted by Crippen LogP contribution is -2.15. The van der Waals surface area contributed by atoms with Crippen molar-refractivity contribution in [2.24, 2.45) is 0 Å². The first-order chi connectivity index (χ1) is 13.2. The third-order valence-electron chi connectivity index (χ3n) is 4.49. The number of carbonyl (C=O) groups is 2. The molecule has 0 unspecified atom stereocenters. The normalized spacial score (nSPS) is 10.5. The fourth-order valence-corrected chi connectivity index (χ4v) is 3.15. The SMILES string of the molecule is O=C(c1ccccc1)c1ccccc1NC(=O)c1cccc2ccccc12. The summed E-state index contributed by atoms with van der Waals surface area (Å²) in [6.45, 7) is 0. The van der Waals surface area contributed by atoms with Gasteiger partial charge in [0.25, 0.3) is 5.91 Å². The Bertz CT molecular complexity index is 1130. The van der Waals surface area contributed by atoms with Crippen LogP contribution in [0, 0.1) is 0 Å². The van der Waals surface area contributed by atoms with Gasteiger partial charge in [-0.05, 0) is 29.0 Å². The van der Waals surface area contributed by atoms with Crippen molar-refractivity contribution in [1.82, 2.24) is 0 Å². The molecule has 130 valence electrons. The van der Waals surface area contributed by atoms with E-state index in [1.807, 2.05) is 54.6 Å². The smallest absolute Gasteiger partial charge is 0.256 e. The lowest BCUT2D eigenvalue weighted by molar-refractivity contribution is 0.102. The minimum absolute atomic E-state index is 0.121. The Balaban J connectivity index is 1.69. The number of hydrogen-bond donors (Lipinski definition) is 1. The molecule has 4 aromatic carbocycles. The Morgan fingerprint density at radius 1 is 0.593 bits per heavy atom. The summed E-state index contributed by atoms with van der Waals surface area (Å²) in [5, 5.41) is 4.79. The van der Waals surface area contributed by atoms with E-state index in [1.165, 1.54) is 0 Å². The molecule has 1 amide bonds. The van der Waals surface area contributed by atoms with Crippen LogP contribution in [-0.2, 0) is 0 Å². The highest BCUT2D eigenvalue weighted by atomic mass is 16.1. The molecule has 0 aliphatic heterocycles. The lowest BCUT2D eigenvalue weighted by atomic mass is 10.0. The second-order valence-electron chi connectivity index (χ2n) is 6.22. The van der Waals surface area contributed by atoms with Gasteiger partial charge in [-0.15, -0.1) is 0 Å². The molecule has 0 aliphatic rings. The Labute approximate surface area is 157 Å². The van der Waals surface area contributed by atoms with Crippen molar-refractivity contribution in [3.05, 3.63) is 114 Å². The van der Waals surface area contributed by atoms with E-state index < -0.39 is 0 Å². The van der Waals surface area contributed by atoms with Crippen LogP contribution in [0.15, 0.2) is 97.1 Å². The van der Waals surface area contributed by atoms with Crippen LogP contribution in [0.4, 0.5) is 5.69 Å². The number of fused-ring (bicyclic) bond motifs is 1. The van der Waals surface area contributed by atoms with Crippen molar-refractivity contribution < 1.29 is 9.59 Å². The van der Waals surface area contributed by atoms with Crippen molar-refractivity contribution in [2.45, 2.75) is 0 Å². The van der Waals surface area contributed by atoms with Crippen molar-refractivity contribution in [1.29, 1.82) is 0 Å². The molecule has 3 nitrogen and oxygen atoms in total. The molecule has 0 spiro atoms. The molecular formula is C24H17NO2. The quantitative estimate of drug-likeness (QED) is 0.506. The maximum Gasteiger partial charge on any atom is 0.256 e. The summed E-state index contributed by atoms with van der Waals surface area (Å²) in [7, 11) is 0. The third-order valence-corrected chi connectivity index (χ3v) is 4.49. The van der Waals surface area contributed by atoms with Crippen LogP contribution in [0.5, 0.6) is 0 Å². The Kier molecular flexibility index (Phi) is 4.50. The standard InChI is InChI=1S/C24H17NO2/c26-23(18-10-2-1-3-11-18)21-14-6-7-16-22(21)25-24(27)20-15-8-12-17-9-4-5-13-19(17)20/h1-16H,(H,25,27). The van der Waals surface area contributed by atoms with E-state index in [-0.39, 0.29) is 11.7 Å². The summed E-state index contributed by atoms with van der Waals surface area (Å²) in [4.78, 5) is 25.8. The summed E-state index contributed by atoms with van der Waals surface area (Å²) in [5.41, 5.74) is 2.14. The molecule has 1 N–H and O–H groups in total.